The number of carbonyl (C=O) groups is 2. The van der Waals surface area contributed by atoms with Gasteiger partial charge in [0.2, 0.25) is 5.91 Å². The summed E-state index contributed by atoms with van der Waals surface area (Å²) in [7, 11) is 0. The van der Waals surface area contributed by atoms with Gasteiger partial charge in [-0.05, 0) is 86.2 Å². The van der Waals surface area contributed by atoms with Crippen molar-refractivity contribution in [3.8, 4) is 5.69 Å². The van der Waals surface area contributed by atoms with Crippen molar-refractivity contribution in [1.82, 2.24) is 14.9 Å². The minimum atomic E-state index is -0.980. The summed E-state index contributed by atoms with van der Waals surface area (Å²) >= 11 is 12.5. The Labute approximate surface area is 249 Å². The second kappa shape index (κ2) is 11.3. The summed E-state index contributed by atoms with van der Waals surface area (Å²) < 4.78 is 2.05. The van der Waals surface area contributed by atoms with Gasteiger partial charge in [0.15, 0.2) is 5.11 Å². The SMILES string of the molecule is Cc1cc(C2C(c3ccccn3)NC(=S)N2c2ccc(NC(=O)C(C)C)c(Cl)c2)c(C)n1-c1cccc(C(=O)O)c1. The number of aromatic carboxylic acids is 1. The van der Waals surface area contributed by atoms with E-state index in [1.165, 1.54) is 0 Å². The molecule has 8 nitrogen and oxygen atoms in total. The zero-order valence-electron chi connectivity index (χ0n) is 23.1. The molecule has 5 rings (SSSR count). The topological polar surface area (TPSA) is 99.5 Å². The smallest absolute Gasteiger partial charge is 0.335 e. The number of rotatable bonds is 7. The molecule has 0 radical (unpaired) electrons. The minimum Gasteiger partial charge on any atom is -0.478 e. The molecule has 0 spiro atoms. The van der Waals surface area contributed by atoms with E-state index in [2.05, 4.69) is 21.7 Å². The number of aromatic nitrogens is 2. The zero-order valence-corrected chi connectivity index (χ0v) is 24.6. The molecular weight excluding hydrogens is 558 g/mol. The number of anilines is 2. The first-order valence-electron chi connectivity index (χ1n) is 13.2. The highest BCUT2D eigenvalue weighted by atomic mass is 35.5. The number of aryl methyl sites for hydroxylation is 1. The lowest BCUT2D eigenvalue weighted by molar-refractivity contribution is -0.118. The van der Waals surface area contributed by atoms with Crippen molar-refractivity contribution in [2.75, 3.05) is 10.2 Å². The van der Waals surface area contributed by atoms with Crippen LogP contribution in [0.1, 0.15) is 58.9 Å². The number of pyridine rings is 1. The summed E-state index contributed by atoms with van der Waals surface area (Å²) in [4.78, 5) is 30.6. The number of thiocarbonyl (C=S) groups is 1. The molecule has 2 atom stereocenters. The summed E-state index contributed by atoms with van der Waals surface area (Å²) in [6.07, 6.45) is 1.75. The maximum absolute atomic E-state index is 12.3. The van der Waals surface area contributed by atoms with Gasteiger partial charge >= 0.3 is 5.97 Å². The largest absolute Gasteiger partial charge is 0.478 e. The second-order valence-corrected chi connectivity index (χ2v) is 11.1. The number of nitrogens with one attached hydrogen (secondary N) is 2. The zero-order chi connectivity index (χ0) is 29.4. The van der Waals surface area contributed by atoms with Gasteiger partial charge in [0, 0.05) is 34.9 Å². The third-order valence-corrected chi connectivity index (χ3v) is 7.88. The van der Waals surface area contributed by atoms with Gasteiger partial charge < -0.3 is 25.2 Å². The highest BCUT2D eigenvalue weighted by molar-refractivity contribution is 7.80. The van der Waals surface area contributed by atoms with Crippen molar-refractivity contribution < 1.29 is 14.7 Å². The Morgan fingerprint density at radius 1 is 1.05 bits per heavy atom. The third kappa shape index (κ3) is 5.42. The normalized spacial score (nSPS) is 16.6. The van der Waals surface area contributed by atoms with E-state index in [1.54, 1.807) is 36.5 Å². The molecule has 3 heterocycles. The van der Waals surface area contributed by atoms with Crippen molar-refractivity contribution in [3.63, 3.8) is 0 Å². The monoisotopic (exact) mass is 587 g/mol. The molecule has 1 aliphatic heterocycles. The first-order chi connectivity index (χ1) is 19.6. The maximum Gasteiger partial charge on any atom is 0.335 e. The van der Waals surface area contributed by atoms with Gasteiger partial charge in [0.05, 0.1) is 34.1 Å². The van der Waals surface area contributed by atoms with Gasteiger partial charge in [0.25, 0.3) is 0 Å². The lowest BCUT2D eigenvalue weighted by Gasteiger charge is -2.28. The van der Waals surface area contributed by atoms with Gasteiger partial charge in [-0.2, -0.15) is 0 Å². The number of carboxylic acid groups (broad SMARTS) is 1. The van der Waals surface area contributed by atoms with Crippen molar-refractivity contribution in [2.24, 2.45) is 5.92 Å². The molecule has 0 bridgehead atoms. The van der Waals surface area contributed by atoms with Crippen LogP contribution in [0.5, 0.6) is 0 Å². The van der Waals surface area contributed by atoms with E-state index in [4.69, 9.17) is 23.8 Å². The summed E-state index contributed by atoms with van der Waals surface area (Å²) in [5, 5.41) is 16.8. The predicted molar refractivity (Wildman–Crippen MR) is 165 cm³/mol. The molecule has 210 valence electrons. The summed E-state index contributed by atoms with van der Waals surface area (Å²) in [6, 6.07) is 19.7. The molecule has 0 saturated carbocycles. The fraction of sp³-hybridized carbons (Fsp3) is 0.226. The van der Waals surface area contributed by atoms with E-state index in [0.29, 0.717) is 15.8 Å². The standard InChI is InChI=1S/C31H30ClN5O3S/c1-17(2)29(38)34-25-12-11-22(16-24(25)32)37-28(27(35-31(37)41)26-10-5-6-13-33-26)23-14-18(3)36(19(23)4)21-9-7-8-20(15-21)30(39)40/h5-17,27-28H,1-4H3,(H,34,38)(H,35,41)(H,39,40). The summed E-state index contributed by atoms with van der Waals surface area (Å²) in [5.41, 5.74) is 5.98. The van der Waals surface area contributed by atoms with E-state index >= 15 is 0 Å². The van der Waals surface area contributed by atoms with Crippen LogP contribution in [0.3, 0.4) is 0 Å². The lowest BCUT2D eigenvalue weighted by atomic mass is 9.96. The number of hydrogen-bond donors (Lipinski definition) is 3. The number of halogens is 1. The third-order valence-electron chi connectivity index (χ3n) is 7.25. The molecule has 2 unspecified atom stereocenters. The van der Waals surface area contributed by atoms with E-state index in [-0.39, 0.29) is 29.5 Å². The molecule has 2 aromatic heterocycles. The first kappa shape index (κ1) is 28.3. The summed E-state index contributed by atoms with van der Waals surface area (Å²) in [5.74, 6) is -1.28. The molecule has 4 aromatic rings. The molecular formula is C31H30ClN5O3S. The second-order valence-electron chi connectivity index (χ2n) is 10.3. The Morgan fingerprint density at radius 3 is 2.49 bits per heavy atom. The average molecular weight is 588 g/mol. The lowest BCUT2D eigenvalue weighted by Crippen LogP contribution is -2.29. The maximum atomic E-state index is 12.3. The molecule has 3 N–H and O–H groups in total. The minimum absolute atomic E-state index is 0.120. The van der Waals surface area contributed by atoms with Gasteiger partial charge in [-0.1, -0.05) is 37.6 Å². The van der Waals surface area contributed by atoms with Crippen molar-refractivity contribution in [3.05, 3.63) is 106 Å². The van der Waals surface area contributed by atoms with Crippen LogP contribution < -0.4 is 15.5 Å². The van der Waals surface area contributed by atoms with Crippen molar-refractivity contribution in [1.29, 1.82) is 0 Å². The Morgan fingerprint density at radius 2 is 1.83 bits per heavy atom. The van der Waals surface area contributed by atoms with Crippen LogP contribution in [-0.2, 0) is 4.79 Å². The van der Waals surface area contributed by atoms with E-state index in [9.17, 15) is 14.7 Å². The molecule has 2 aromatic carbocycles. The Kier molecular flexibility index (Phi) is 7.84. The average Bonchev–Trinajstić information content (AvgIpc) is 3.44. The van der Waals surface area contributed by atoms with Gasteiger partial charge in [-0.3, -0.25) is 9.78 Å². The number of amides is 1. The number of carboxylic acids is 1. The van der Waals surface area contributed by atoms with Crippen molar-refractivity contribution >= 4 is 52.2 Å². The highest BCUT2D eigenvalue weighted by Gasteiger charge is 2.42. The van der Waals surface area contributed by atoms with Crippen LogP contribution in [0, 0.1) is 19.8 Å². The Balaban J connectivity index is 1.62. The van der Waals surface area contributed by atoms with Crippen LogP contribution >= 0.6 is 23.8 Å². The number of benzene rings is 2. The van der Waals surface area contributed by atoms with Crippen LogP contribution in [0.15, 0.2) is 72.9 Å². The first-order valence-corrected chi connectivity index (χ1v) is 14.0. The molecule has 41 heavy (non-hydrogen) atoms. The van der Waals surface area contributed by atoms with E-state index < -0.39 is 5.97 Å². The molecule has 1 amide bonds. The summed E-state index contributed by atoms with van der Waals surface area (Å²) in [6.45, 7) is 7.65. The van der Waals surface area contributed by atoms with Gasteiger partial charge in [0.1, 0.15) is 0 Å². The van der Waals surface area contributed by atoms with Crippen LogP contribution in [0.2, 0.25) is 5.02 Å². The number of hydrogen-bond acceptors (Lipinski definition) is 4. The van der Waals surface area contributed by atoms with Gasteiger partial charge in [-0.25, -0.2) is 4.79 Å². The Hall–Kier alpha value is -4.21. The van der Waals surface area contributed by atoms with Crippen molar-refractivity contribution in [2.45, 2.75) is 39.8 Å². The molecule has 0 aliphatic carbocycles. The molecule has 1 aliphatic rings. The van der Waals surface area contributed by atoms with Crippen LogP contribution in [0.25, 0.3) is 5.69 Å². The fourth-order valence-corrected chi connectivity index (χ4v) is 5.81. The van der Waals surface area contributed by atoms with E-state index in [0.717, 1.165) is 34.0 Å². The quantitative estimate of drug-likeness (QED) is 0.209. The number of carbonyl (C=O) groups excluding carboxylic acids is 1. The van der Waals surface area contributed by atoms with Crippen LogP contribution in [0.4, 0.5) is 11.4 Å². The molecule has 1 fully saturated rings. The predicted octanol–water partition coefficient (Wildman–Crippen LogP) is 6.61. The number of nitrogens with zero attached hydrogens (tertiary/aromatic N) is 3. The fourth-order valence-electron chi connectivity index (χ4n) is 5.24. The molecule has 1 saturated heterocycles. The van der Waals surface area contributed by atoms with E-state index in [1.807, 2.05) is 67.5 Å². The molecule has 10 heteroatoms. The Bertz CT molecular complexity index is 1650. The highest BCUT2D eigenvalue weighted by Crippen LogP contribution is 2.44. The van der Waals surface area contributed by atoms with Crippen LogP contribution in [-0.4, -0.2) is 31.6 Å². The van der Waals surface area contributed by atoms with Gasteiger partial charge in [-0.15, -0.1) is 0 Å².